The smallest absolute Gasteiger partial charge is 0.303 e. The number of hydrogen-bond donors (Lipinski definition) is 1. The number of carboxylic acid groups (broad SMARTS) is 1. The number of aliphatic carboxylic acids is 1. The lowest BCUT2D eigenvalue weighted by Gasteiger charge is -2.35. The van der Waals surface area contributed by atoms with E-state index in [1.165, 1.54) is 0 Å². The van der Waals surface area contributed by atoms with E-state index in [9.17, 15) is 14.7 Å². The van der Waals surface area contributed by atoms with Crippen molar-refractivity contribution in [3.63, 3.8) is 0 Å². The van der Waals surface area contributed by atoms with Crippen molar-refractivity contribution in [1.82, 2.24) is 0 Å². The second-order valence-electron chi connectivity index (χ2n) is 6.14. The molecule has 1 N–H and O–H groups in total. The molecular formula is C17H21ClO3. The Morgan fingerprint density at radius 3 is 2.48 bits per heavy atom. The maximum Gasteiger partial charge on any atom is 0.303 e. The zero-order valence-corrected chi connectivity index (χ0v) is 13.1. The van der Waals surface area contributed by atoms with E-state index in [0.29, 0.717) is 17.0 Å². The first kappa shape index (κ1) is 16.0. The van der Waals surface area contributed by atoms with Crippen molar-refractivity contribution in [1.29, 1.82) is 0 Å². The molecule has 1 aliphatic rings. The lowest BCUT2D eigenvalue weighted by molar-refractivity contribution is -0.140. The summed E-state index contributed by atoms with van der Waals surface area (Å²) in [7, 11) is 0. The Labute approximate surface area is 130 Å². The minimum Gasteiger partial charge on any atom is -0.481 e. The van der Waals surface area contributed by atoms with Gasteiger partial charge in [-0.05, 0) is 36.8 Å². The van der Waals surface area contributed by atoms with Gasteiger partial charge in [-0.1, -0.05) is 43.0 Å². The van der Waals surface area contributed by atoms with Crippen LogP contribution in [0.1, 0.15) is 60.9 Å². The van der Waals surface area contributed by atoms with Crippen molar-refractivity contribution in [2.75, 3.05) is 0 Å². The molecule has 0 unspecified atom stereocenters. The quantitative estimate of drug-likeness (QED) is 0.806. The molecule has 0 saturated heterocycles. The van der Waals surface area contributed by atoms with Gasteiger partial charge in [-0.25, -0.2) is 0 Å². The molecule has 2 rings (SSSR count). The van der Waals surface area contributed by atoms with Gasteiger partial charge in [0.25, 0.3) is 0 Å². The Balaban J connectivity index is 2.21. The molecule has 3 nitrogen and oxygen atoms in total. The molecule has 1 fully saturated rings. The summed E-state index contributed by atoms with van der Waals surface area (Å²) in [4.78, 5) is 23.8. The average Bonchev–Trinajstić information content (AvgIpc) is 2.41. The van der Waals surface area contributed by atoms with Gasteiger partial charge in [-0.15, -0.1) is 0 Å². The molecule has 0 bridgehead atoms. The molecule has 21 heavy (non-hydrogen) atoms. The molecule has 1 aromatic carbocycles. The van der Waals surface area contributed by atoms with Crippen molar-refractivity contribution in [3.05, 3.63) is 34.3 Å². The molecule has 0 heterocycles. The average molecular weight is 309 g/mol. The van der Waals surface area contributed by atoms with E-state index < -0.39 is 5.97 Å². The van der Waals surface area contributed by atoms with Gasteiger partial charge in [0.2, 0.25) is 0 Å². The molecule has 1 aliphatic carbocycles. The third-order valence-corrected chi connectivity index (χ3v) is 4.95. The molecule has 1 aromatic rings. The number of carbonyl (C=O) groups excluding carboxylic acids is 1. The number of halogens is 1. The van der Waals surface area contributed by atoms with E-state index in [2.05, 4.69) is 0 Å². The fraction of sp³-hybridized carbons (Fsp3) is 0.529. The summed E-state index contributed by atoms with van der Waals surface area (Å²) in [5.74, 6) is -0.800. The predicted molar refractivity (Wildman–Crippen MR) is 82.9 cm³/mol. The van der Waals surface area contributed by atoms with Crippen molar-refractivity contribution < 1.29 is 14.7 Å². The third-order valence-electron chi connectivity index (χ3n) is 4.54. The maximum absolute atomic E-state index is 12.6. The minimum absolute atomic E-state index is 0.0122. The van der Waals surface area contributed by atoms with E-state index in [1.54, 1.807) is 18.2 Å². The van der Waals surface area contributed by atoms with Crippen molar-refractivity contribution in [2.24, 2.45) is 5.41 Å². The number of carbonyl (C=O) groups is 2. The highest BCUT2D eigenvalue weighted by atomic mass is 35.5. The van der Waals surface area contributed by atoms with Crippen molar-refractivity contribution in [3.8, 4) is 0 Å². The summed E-state index contributed by atoms with van der Waals surface area (Å²) in [6, 6.07) is 5.31. The molecule has 1 saturated carbocycles. The first-order valence-corrected chi connectivity index (χ1v) is 7.81. The highest BCUT2D eigenvalue weighted by Crippen LogP contribution is 2.43. The second kappa shape index (κ2) is 6.61. The predicted octanol–water partition coefficient (Wildman–Crippen LogP) is 4.65. The molecule has 4 heteroatoms. The van der Waals surface area contributed by atoms with Gasteiger partial charge in [0.05, 0.1) is 6.42 Å². The summed E-state index contributed by atoms with van der Waals surface area (Å²) >= 11 is 6.07. The zero-order chi connectivity index (χ0) is 15.5. The van der Waals surface area contributed by atoms with E-state index in [1.807, 2.05) is 6.92 Å². The number of Topliss-reactive ketones (excluding diaryl/α,β-unsaturated/α-hetero) is 1. The van der Waals surface area contributed by atoms with E-state index in [4.69, 9.17) is 11.6 Å². The maximum atomic E-state index is 12.6. The van der Waals surface area contributed by atoms with Gasteiger partial charge in [0, 0.05) is 17.0 Å². The third kappa shape index (κ3) is 3.85. The van der Waals surface area contributed by atoms with Crippen LogP contribution in [0, 0.1) is 12.3 Å². The largest absolute Gasteiger partial charge is 0.481 e. The van der Waals surface area contributed by atoms with Crippen molar-refractivity contribution >= 4 is 23.4 Å². The lowest BCUT2D eigenvalue weighted by Crippen LogP contribution is -2.30. The Kier molecular flexibility index (Phi) is 5.04. The first-order valence-electron chi connectivity index (χ1n) is 7.44. The van der Waals surface area contributed by atoms with Crippen LogP contribution in [-0.2, 0) is 4.79 Å². The molecule has 0 atom stereocenters. The molecular weight excluding hydrogens is 288 g/mol. The highest BCUT2D eigenvalue weighted by molar-refractivity contribution is 6.31. The van der Waals surface area contributed by atoms with Crippen LogP contribution in [0.5, 0.6) is 0 Å². The minimum atomic E-state index is -0.812. The highest BCUT2D eigenvalue weighted by Gasteiger charge is 2.36. The summed E-state index contributed by atoms with van der Waals surface area (Å²) in [5.41, 5.74) is 1.03. The van der Waals surface area contributed by atoms with E-state index in [-0.39, 0.29) is 17.6 Å². The number of carboxylic acids is 1. The fourth-order valence-corrected chi connectivity index (χ4v) is 3.56. The summed E-state index contributed by atoms with van der Waals surface area (Å²) in [6.07, 6.45) is 5.18. The van der Waals surface area contributed by atoms with Crippen LogP contribution in [0.15, 0.2) is 18.2 Å². The summed E-state index contributed by atoms with van der Waals surface area (Å²) in [5, 5.41) is 9.76. The van der Waals surface area contributed by atoms with E-state index >= 15 is 0 Å². The number of hydrogen-bond acceptors (Lipinski definition) is 2. The summed E-state index contributed by atoms with van der Waals surface area (Å²) < 4.78 is 0. The number of ketones is 1. The van der Waals surface area contributed by atoms with Crippen LogP contribution in [0.2, 0.25) is 5.02 Å². The Morgan fingerprint density at radius 1 is 1.19 bits per heavy atom. The van der Waals surface area contributed by atoms with Gasteiger partial charge < -0.3 is 5.11 Å². The molecule has 0 amide bonds. The molecule has 0 aromatic heterocycles. The topological polar surface area (TPSA) is 54.4 Å². The van der Waals surface area contributed by atoms with Gasteiger partial charge in [0.1, 0.15) is 0 Å². The fourth-order valence-electron chi connectivity index (χ4n) is 3.38. The van der Waals surface area contributed by atoms with Crippen LogP contribution in [0.25, 0.3) is 0 Å². The van der Waals surface area contributed by atoms with Crippen LogP contribution in [0.3, 0.4) is 0 Å². The Bertz CT molecular complexity index is 545. The molecule has 0 spiro atoms. The number of benzene rings is 1. The van der Waals surface area contributed by atoms with Crippen LogP contribution < -0.4 is 0 Å². The Morgan fingerprint density at radius 2 is 1.86 bits per heavy atom. The molecule has 0 radical (unpaired) electrons. The van der Waals surface area contributed by atoms with Gasteiger partial charge in [0.15, 0.2) is 5.78 Å². The molecule has 114 valence electrons. The lowest BCUT2D eigenvalue weighted by atomic mass is 9.68. The van der Waals surface area contributed by atoms with Crippen molar-refractivity contribution in [2.45, 2.75) is 51.9 Å². The second-order valence-corrected chi connectivity index (χ2v) is 6.55. The van der Waals surface area contributed by atoms with E-state index in [0.717, 1.165) is 37.7 Å². The normalized spacial score (nSPS) is 17.4. The first-order chi connectivity index (χ1) is 9.93. The van der Waals surface area contributed by atoms with Crippen LogP contribution >= 0.6 is 11.6 Å². The van der Waals surface area contributed by atoms with Crippen LogP contribution in [0.4, 0.5) is 0 Å². The van der Waals surface area contributed by atoms with Crippen LogP contribution in [-0.4, -0.2) is 16.9 Å². The number of rotatable bonds is 5. The monoisotopic (exact) mass is 308 g/mol. The summed E-state index contributed by atoms with van der Waals surface area (Å²) in [6.45, 7) is 1.83. The van der Waals surface area contributed by atoms with Gasteiger partial charge in [-0.2, -0.15) is 0 Å². The van der Waals surface area contributed by atoms with Gasteiger partial charge in [-0.3, -0.25) is 9.59 Å². The molecule has 0 aliphatic heterocycles. The Hall–Kier alpha value is -1.35. The SMILES string of the molecule is Cc1c(Cl)cccc1C(=O)CC1(CC(=O)O)CCCCC1. The zero-order valence-electron chi connectivity index (χ0n) is 12.3. The van der Waals surface area contributed by atoms with Gasteiger partial charge >= 0.3 is 5.97 Å². The standard InChI is InChI=1S/C17H21ClO3/c1-12-13(6-5-7-14(12)18)15(19)10-17(11-16(20)21)8-3-2-4-9-17/h5-7H,2-4,8-11H2,1H3,(H,20,21).